The number of hydrogen-bond acceptors (Lipinski definition) is 2. The Morgan fingerprint density at radius 3 is 2.44 bits per heavy atom. The Balaban J connectivity index is 1.73. The first-order valence-electron chi connectivity index (χ1n) is 9.18. The van der Waals surface area contributed by atoms with Gasteiger partial charge in [0.2, 0.25) is 10.0 Å². The highest BCUT2D eigenvalue weighted by Gasteiger charge is 2.14. The van der Waals surface area contributed by atoms with Crippen molar-refractivity contribution in [3.63, 3.8) is 0 Å². The van der Waals surface area contributed by atoms with Gasteiger partial charge in [-0.05, 0) is 61.2 Å². The predicted octanol–water partition coefficient (Wildman–Crippen LogP) is 4.19. The predicted molar refractivity (Wildman–Crippen MR) is 109 cm³/mol. The van der Waals surface area contributed by atoms with Gasteiger partial charge in [-0.15, -0.1) is 0 Å². The molecule has 0 bridgehead atoms. The minimum absolute atomic E-state index is 0.260. The van der Waals surface area contributed by atoms with Crippen molar-refractivity contribution in [3.8, 4) is 0 Å². The molecule has 1 heterocycles. The molecule has 0 aliphatic rings. The quantitative estimate of drug-likeness (QED) is 0.666. The molecule has 0 unspecified atom stereocenters. The maximum absolute atomic E-state index is 12.6. The molecule has 0 atom stereocenters. The summed E-state index contributed by atoms with van der Waals surface area (Å²) >= 11 is 0. The summed E-state index contributed by atoms with van der Waals surface area (Å²) in [4.78, 5) is 0.298. The summed E-state index contributed by atoms with van der Waals surface area (Å²) in [6.45, 7) is 7.21. The molecule has 27 heavy (non-hydrogen) atoms. The highest BCUT2D eigenvalue weighted by atomic mass is 32.2. The molecule has 0 saturated carbocycles. The van der Waals surface area contributed by atoms with E-state index in [9.17, 15) is 8.42 Å². The van der Waals surface area contributed by atoms with E-state index in [2.05, 4.69) is 41.3 Å². The number of hydrogen-bond donors (Lipinski definition) is 1. The molecule has 1 N–H and O–H groups in total. The van der Waals surface area contributed by atoms with E-state index in [1.807, 2.05) is 37.4 Å². The van der Waals surface area contributed by atoms with E-state index < -0.39 is 10.0 Å². The van der Waals surface area contributed by atoms with Crippen LogP contribution in [0.2, 0.25) is 0 Å². The summed E-state index contributed by atoms with van der Waals surface area (Å²) in [6.07, 6.45) is 2.88. The zero-order chi connectivity index (χ0) is 19.4. The van der Waals surface area contributed by atoms with Crippen molar-refractivity contribution in [1.29, 1.82) is 0 Å². The molecule has 0 spiro atoms. The first kappa shape index (κ1) is 19.4. The van der Waals surface area contributed by atoms with Gasteiger partial charge >= 0.3 is 0 Å². The van der Waals surface area contributed by atoms with Crippen LogP contribution >= 0.6 is 0 Å². The number of rotatable bonds is 7. The molecule has 0 aliphatic carbocycles. The molecule has 0 saturated heterocycles. The maximum atomic E-state index is 12.6. The highest BCUT2D eigenvalue weighted by Crippen LogP contribution is 2.16. The van der Waals surface area contributed by atoms with Gasteiger partial charge in [-0.1, -0.05) is 42.8 Å². The maximum Gasteiger partial charge on any atom is 0.240 e. The summed E-state index contributed by atoms with van der Waals surface area (Å²) in [5.74, 6) is 0. The van der Waals surface area contributed by atoms with Crippen LogP contribution in [0, 0.1) is 13.8 Å². The Bertz CT molecular complexity index is 1020. The lowest BCUT2D eigenvalue weighted by molar-refractivity contribution is 0.578. The van der Waals surface area contributed by atoms with Crippen LogP contribution in [0.3, 0.4) is 0 Å². The van der Waals surface area contributed by atoms with Crippen LogP contribution in [0.1, 0.15) is 34.9 Å². The standard InChI is InChI=1S/C22H26N2O2S/c1-4-19-9-11-22(12-10-19)27(25,26)23-15-21-6-5-13-24(21)16-20-14-17(2)7-8-18(20)3/h5-14,23H,4,15-16H2,1-3H3. The minimum Gasteiger partial charge on any atom is -0.346 e. The SMILES string of the molecule is CCc1ccc(S(=O)(=O)NCc2cccn2Cc2cc(C)ccc2C)cc1. The van der Waals surface area contributed by atoms with Crippen molar-refractivity contribution in [1.82, 2.24) is 9.29 Å². The van der Waals surface area contributed by atoms with Crippen LogP contribution in [0.15, 0.2) is 65.7 Å². The van der Waals surface area contributed by atoms with Gasteiger partial charge in [-0.2, -0.15) is 0 Å². The second kappa shape index (κ2) is 8.11. The van der Waals surface area contributed by atoms with Crippen molar-refractivity contribution in [2.24, 2.45) is 0 Å². The highest BCUT2D eigenvalue weighted by molar-refractivity contribution is 7.89. The van der Waals surface area contributed by atoms with Crippen LogP contribution in [-0.2, 0) is 29.5 Å². The van der Waals surface area contributed by atoms with E-state index in [0.717, 1.165) is 24.2 Å². The fraction of sp³-hybridized carbons (Fsp3) is 0.273. The molecule has 4 nitrogen and oxygen atoms in total. The van der Waals surface area contributed by atoms with Crippen LogP contribution in [0.5, 0.6) is 0 Å². The van der Waals surface area contributed by atoms with E-state index in [-0.39, 0.29) is 6.54 Å². The van der Waals surface area contributed by atoms with Gasteiger partial charge in [-0.3, -0.25) is 0 Å². The Labute approximate surface area is 161 Å². The molecule has 2 aromatic carbocycles. The van der Waals surface area contributed by atoms with E-state index in [0.29, 0.717) is 4.90 Å². The van der Waals surface area contributed by atoms with Crippen molar-refractivity contribution in [2.75, 3.05) is 0 Å². The fourth-order valence-electron chi connectivity index (χ4n) is 3.07. The Kier molecular flexibility index (Phi) is 5.82. The Morgan fingerprint density at radius 2 is 1.74 bits per heavy atom. The number of aryl methyl sites for hydroxylation is 3. The number of sulfonamides is 1. The third-order valence-electron chi connectivity index (χ3n) is 4.85. The van der Waals surface area contributed by atoms with Gasteiger partial charge in [0.25, 0.3) is 0 Å². The van der Waals surface area contributed by atoms with Crippen molar-refractivity contribution in [3.05, 3.63) is 88.7 Å². The third kappa shape index (κ3) is 4.67. The molecular formula is C22H26N2O2S. The monoisotopic (exact) mass is 382 g/mol. The van der Waals surface area contributed by atoms with E-state index >= 15 is 0 Å². The van der Waals surface area contributed by atoms with Crippen molar-refractivity contribution < 1.29 is 8.42 Å². The number of nitrogens with one attached hydrogen (secondary N) is 1. The average Bonchev–Trinajstić information content (AvgIpc) is 3.10. The summed E-state index contributed by atoms with van der Waals surface area (Å²) < 4.78 is 30.0. The minimum atomic E-state index is -3.53. The van der Waals surface area contributed by atoms with Crippen LogP contribution in [-0.4, -0.2) is 13.0 Å². The lowest BCUT2D eigenvalue weighted by Gasteiger charge is -2.13. The zero-order valence-electron chi connectivity index (χ0n) is 16.1. The molecule has 5 heteroatoms. The first-order chi connectivity index (χ1) is 12.9. The van der Waals surface area contributed by atoms with E-state index in [1.165, 1.54) is 16.7 Å². The molecule has 3 rings (SSSR count). The second-order valence-electron chi connectivity index (χ2n) is 6.88. The summed E-state index contributed by atoms with van der Waals surface area (Å²) in [6, 6.07) is 17.4. The van der Waals surface area contributed by atoms with Gasteiger partial charge < -0.3 is 4.57 Å². The molecule has 0 aliphatic heterocycles. The average molecular weight is 383 g/mol. The second-order valence-corrected chi connectivity index (χ2v) is 8.65. The molecule has 1 aromatic heterocycles. The topological polar surface area (TPSA) is 51.1 Å². The summed E-state index contributed by atoms with van der Waals surface area (Å²) in [5.41, 5.74) is 5.75. The zero-order valence-corrected chi connectivity index (χ0v) is 16.9. The van der Waals surface area contributed by atoms with Crippen LogP contribution in [0.4, 0.5) is 0 Å². The normalized spacial score (nSPS) is 11.7. The molecule has 0 amide bonds. The fourth-order valence-corrected chi connectivity index (χ4v) is 4.07. The first-order valence-corrected chi connectivity index (χ1v) is 10.7. The lowest BCUT2D eigenvalue weighted by atomic mass is 10.1. The summed E-state index contributed by atoms with van der Waals surface area (Å²) in [5, 5.41) is 0. The van der Waals surface area contributed by atoms with Crippen LogP contribution in [0.25, 0.3) is 0 Å². The van der Waals surface area contributed by atoms with Crippen molar-refractivity contribution >= 4 is 10.0 Å². The number of aromatic nitrogens is 1. The van der Waals surface area contributed by atoms with E-state index in [1.54, 1.807) is 12.1 Å². The van der Waals surface area contributed by atoms with Gasteiger partial charge in [0.1, 0.15) is 0 Å². The Morgan fingerprint density at radius 1 is 1.00 bits per heavy atom. The van der Waals surface area contributed by atoms with E-state index in [4.69, 9.17) is 0 Å². The van der Waals surface area contributed by atoms with Gasteiger partial charge in [0.15, 0.2) is 0 Å². The molecule has 0 radical (unpaired) electrons. The largest absolute Gasteiger partial charge is 0.346 e. The van der Waals surface area contributed by atoms with Gasteiger partial charge in [0, 0.05) is 18.4 Å². The number of nitrogens with zero attached hydrogens (tertiary/aromatic N) is 1. The molecule has 3 aromatic rings. The number of benzene rings is 2. The van der Waals surface area contributed by atoms with Gasteiger partial charge in [-0.25, -0.2) is 13.1 Å². The smallest absolute Gasteiger partial charge is 0.240 e. The third-order valence-corrected chi connectivity index (χ3v) is 6.27. The summed E-state index contributed by atoms with van der Waals surface area (Å²) in [7, 11) is -3.53. The lowest BCUT2D eigenvalue weighted by Crippen LogP contribution is -2.24. The van der Waals surface area contributed by atoms with Crippen molar-refractivity contribution in [2.45, 2.75) is 45.2 Å². The van der Waals surface area contributed by atoms with Crippen LogP contribution < -0.4 is 4.72 Å². The molecule has 142 valence electrons. The molecular weight excluding hydrogens is 356 g/mol. The molecule has 0 fully saturated rings. The Hall–Kier alpha value is -2.37. The van der Waals surface area contributed by atoms with Gasteiger partial charge in [0.05, 0.1) is 11.4 Å².